The van der Waals surface area contributed by atoms with Crippen molar-refractivity contribution in [2.24, 2.45) is 0 Å². The summed E-state index contributed by atoms with van der Waals surface area (Å²) in [6.45, 7) is 0. The van der Waals surface area contributed by atoms with Crippen LogP contribution in [0.4, 0.5) is 0 Å². The number of rotatable bonds is 1. The predicted molar refractivity (Wildman–Crippen MR) is 168 cm³/mol. The quantitative estimate of drug-likeness (QED) is 0.215. The average molecular weight is 523 g/mol. The van der Waals surface area contributed by atoms with Crippen LogP contribution in [0.15, 0.2) is 138 Å². The van der Waals surface area contributed by atoms with Gasteiger partial charge >= 0.3 is 0 Å². The Morgan fingerprint density at radius 1 is 0.390 bits per heavy atom. The standard InChI is InChI=1S/C38H22N2O/c1-2-10-24-23(9-1)25-11-3-4-13-28(25)36-32(19-20-33-37(36)40-22-21-39-33)35-27(24)14-7-15-29(35)31-17-8-16-30-26-12-5-6-18-34(26)41-38(30)31/h1-22H. The van der Waals surface area contributed by atoms with Crippen molar-refractivity contribution in [3.63, 3.8) is 0 Å². The summed E-state index contributed by atoms with van der Waals surface area (Å²) in [7, 11) is 0. The van der Waals surface area contributed by atoms with Crippen LogP contribution in [0.1, 0.15) is 0 Å². The Kier molecular flexibility index (Phi) is 4.61. The van der Waals surface area contributed by atoms with Gasteiger partial charge in [-0.25, -0.2) is 0 Å². The fraction of sp³-hybridized carbons (Fsp3) is 0. The molecule has 3 heteroatoms. The second kappa shape index (κ2) is 8.48. The molecule has 0 amide bonds. The molecule has 41 heavy (non-hydrogen) atoms. The highest BCUT2D eigenvalue weighted by Gasteiger charge is 2.27. The first-order valence-electron chi connectivity index (χ1n) is 13.8. The van der Waals surface area contributed by atoms with Gasteiger partial charge in [-0.2, -0.15) is 0 Å². The van der Waals surface area contributed by atoms with E-state index in [2.05, 4.69) is 114 Å². The summed E-state index contributed by atoms with van der Waals surface area (Å²) in [6, 6.07) is 43.1. The summed E-state index contributed by atoms with van der Waals surface area (Å²) in [5, 5.41) is 2.25. The molecule has 9 rings (SSSR count). The molecule has 2 heterocycles. The van der Waals surface area contributed by atoms with Gasteiger partial charge in [0.15, 0.2) is 0 Å². The fourth-order valence-electron chi connectivity index (χ4n) is 6.66. The molecule has 0 spiro atoms. The normalized spacial score (nSPS) is 11.9. The van der Waals surface area contributed by atoms with Crippen LogP contribution in [0, 0.1) is 0 Å². The number of hydrogen-bond donors (Lipinski definition) is 0. The SMILES string of the molecule is c1ccc2c(c1)-c1ccccc1-c1c(ccc3nccnc13)-c1c-2cccc1-c1cccc2c1oc1ccccc12. The summed E-state index contributed by atoms with van der Waals surface area (Å²) < 4.78 is 6.55. The van der Waals surface area contributed by atoms with Crippen LogP contribution in [-0.2, 0) is 0 Å². The lowest BCUT2D eigenvalue weighted by Crippen LogP contribution is -2.00. The predicted octanol–water partition coefficient (Wildman–Crippen LogP) is 10.2. The molecule has 190 valence electrons. The van der Waals surface area contributed by atoms with Gasteiger partial charge in [0.05, 0.1) is 11.0 Å². The minimum atomic E-state index is 0.883. The third-order valence-electron chi connectivity index (χ3n) is 8.37. The summed E-state index contributed by atoms with van der Waals surface area (Å²) in [6.07, 6.45) is 3.56. The van der Waals surface area contributed by atoms with E-state index in [1.807, 2.05) is 12.1 Å². The van der Waals surface area contributed by atoms with Gasteiger partial charge in [-0.05, 0) is 56.6 Å². The van der Waals surface area contributed by atoms with E-state index in [-0.39, 0.29) is 0 Å². The van der Waals surface area contributed by atoms with Gasteiger partial charge in [0.1, 0.15) is 11.2 Å². The molecule has 0 radical (unpaired) electrons. The minimum Gasteiger partial charge on any atom is -0.455 e. The second-order valence-electron chi connectivity index (χ2n) is 10.5. The number of aromatic nitrogens is 2. The maximum Gasteiger partial charge on any atom is 0.143 e. The van der Waals surface area contributed by atoms with Crippen LogP contribution >= 0.6 is 0 Å². The van der Waals surface area contributed by atoms with Gasteiger partial charge in [0, 0.05) is 34.3 Å². The molecular weight excluding hydrogens is 500 g/mol. The molecule has 0 unspecified atom stereocenters. The third kappa shape index (κ3) is 3.14. The smallest absolute Gasteiger partial charge is 0.143 e. The highest BCUT2D eigenvalue weighted by Crippen LogP contribution is 2.52. The van der Waals surface area contributed by atoms with Crippen molar-refractivity contribution in [3.8, 4) is 55.6 Å². The number of hydrogen-bond acceptors (Lipinski definition) is 3. The van der Waals surface area contributed by atoms with E-state index in [4.69, 9.17) is 9.40 Å². The van der Waals surface area contributed by atoms with E-state index < -0.39 is 0 Å². The molecule has 0 aliphatic heterocycles. The van der Waals surface area contributed by atoms with Crippen molar-refractivity contribution in [2.75, 3.05) is 0 Å². The summed E-state index contributed by atoms with van der Waals surface area (Å²) in [5.41, 5.74) is 15.1. The van der Waals surface area contributed by atoms with Crippen molar-refractivity contribution >= 4 is 33.0 Å². The number of furan rings is 1. The molecule has 0 saturated carbocycles. The van der Waals surface area contributed by atoms with E-state index >= 15 is 0 Å². The van der Waals surface area contributed by atoms with E-state index in [1.54, 1.807) is 12.4 Å². The summed E-state index contributed by atoms with van der Waals surface area (Å²) in [4.78, 5) is 9.58. The molecule has 0 atom stereocenters. The summed E-state index contributed by atoms with van der Waals surface area (Å²) >= 11 is 0. The van der Waals surface area contributed by atoms with Gasteiger partial charge < -0.3 is 4.42 Å². The summed E-state index contributed by atoms with van der Waals surface area (Å²) in [5.74, 6) is 0. The first-order valence-corrected chi connectivity index (χ1v) is 13.8. The maximum atomic E-state index is 6.55. The van der Waals surface area contributed by atoms with Crippen molar-refractivity contribution < 1.29 is 4.42 Å². The first-order chi connectivity index (χ1) is 20.4. The van der Waals surface area contributed by atoms with E-state index in [9.17, 15) is 0 Å². The molecule has 3 nitrogen and oxygen atoms in total. The largest absolute Gasteiger partial charge is 0.455 e. The zero-order chi connectivity index (χ0) is 26.9. The van der Waals surface area contributed by atoms with Crippen LogP contribution in [-0.4, -0.2) is 9.97 Å². The van der Waals surface area contributed by atoms with Gasteiger partial charge in [0.25, 0.3) is 0 Å². The Bertz CT molecular complexity index is 2330. The van der Waals surface area contributed by atoms with Gasteiger partial charge in [-0.1, -0.05) is 109 Å². The second-order valence-corrected chi connectivity index (χ2v) is 10.5. The average Bonchev–Trinajstić information content (AvgIpc) is 3.42. The molecule has 1 aliphatic rings. The Morgan fingerprint density at radius 3 is 1.83 bits per heavy atom. The van der Waals surface area contributed by atoms with Crippen LogP contribution in [0.25, 0.3) is 88.6 Å². The van der Waals surface area contributed by atoms with Gasteiger partial charge in [-0.15, -0.1) is 0 Å². The van der Waals surface area contributed by atoms with Crippen molar-refractivity contribution in [2.45, 2.75) is 0 Å². The number of para-hydroxylation sites is 2. The lowest BCUT2D eigenvalue weighted by atomic mass is 9.78. The van der Waals surface area contributed by atoms with Crippen LogP contribution in [0.5, 0.6) is 0 Å². The van der Waals surface area contributed by atoms with E-state index in [0.717, 1.165) is 60.8 Å². The highest BCUT2D eigenvalue weighted by atomic mass is 16.3. The molecule has 0 saturated heterocycles. The molecule has 2 aromatic heterocycles. The van der Waals surface area contributed by atoms with Gasteiger partial charge in [0.2, 0.25) is 0 Å². The highest BCUT2D eigenvalue weighted by molar-refractivity contribution is 6.15. The molecule has 0 fully saturated rings. The lowest BCUT2D eigenvalue weighted by molar-refractivity contribution is 0.670. The zero-order valence-electron chi connectivity index (χ0n) is 22.0. The number of fused-ring (bicyclic) bond motifs is 13. The molecule has 8 aromatic rings. The molecular formula is C38H22N2O. The van der Waals surface area contributed by atoms with Crippen LogP contribution in [0.2, 0.25) is 0 Å². The monoisotopic (exact) mass is 522 g/mol. The minimum absolute atomic E-state index is 0.883. The Morgan fingerprint density at radius 2 is 0.976 bits per heavy atom. The molecule has 0 N–H and O–H groups in total. The third-order valence-corrected chi connectivity index (χ3v) is 8.37. The van der Waals surface area contributed by atoms with Gasteiger partial charge in [-0.3, -0.25) is 9.97 Å². The lowest BCUT2D eigenvalue weighted by Gasteiger charge is -2.25. The number of nitrogens with zero attached hydrogens (tertiary/aromatic N) is 2. The van der Waals surface area contributed by atoms with E-state index in [1.165, 1.54) is 27.8 Å². The Labute approximate surface area is 236 Å². The zero-order valence-corrected chi connectivity index (χ0v) is 22.0. The molecule has 6 aromatic carbocycles. The first kappa shape index (κ1) is 22.3. The van der Waals surface area contributed by atoms with Crippen molar-refractivity contribution in [1.82, 2.24) is 9.97 Å². The van der Waals surface area contributed by atoms with E-state index in [0.29, 0.717) is 0 Å². The van der Waals surface area contributed by atoms with Crippen molar-refractivity contribution in [1.29, 1.82) is 0 Å². The topological polar surface area (TPSA) is 38.9 Å². The molecule has 1 aliphatic carbocycles. The fourth-order valence-corrected chi connectivity index (χ4v) is 6.66. The van der Waals surface area contributed by atoms with Crippen LogP contribution < -0.4 is 0 Å². The van der Waals surface area contributed by atoms with Crippen LogP contribution in [0.3, 0.4) is 0 Å². The maximum absolute atomic E-state index is 6.55. The number of benzene rings is 6. The molecule has 0 bridgehead atoms. The van der Waals surface area contributed by atoms with Crippen molar-refractivity contribution in [3.05, 3.63) is 134 Å². The Balaban J connectivity index is 1.49. The Hall–Kier alpha value is -5.54.